The second kappa shape index (κ2) is 18.3. The number of anilines is 1. The van der Waals surface area contributed by atoms with E-state index in [4.69, 9.17) is 28.4 Å². The molecule has 3 heterocycles. The lowest BCUT2D eigenvalue weighted by Gasteiger charge is -2.33. The van der Waals surface area contributed by atoms with Gasteiger partial charge in [0.2, 0.25) is 0 Å². The number of amides is 1. The zero-order valence-electron chi connectivity index (χ0n) is 27.7. The van der Waals surface area contributed by atoms with Gasteiger partial charge in [-0.1, -0.05) is 77.6 Å². The summed E-state index contributed by atoms with van der Waals surface area (Å²) in [5, 5.41) is 2.87. The van der Waals surface area contributed by atoms with Gasteiger partial charge in [0.1, 0.15) is 30.2 Å². The number of hydrogen-bond donors (Lipinski definition) is 1. The van der Waals surface area contributed by atoms with Gasteiger partial charge in [-0.05, 0) is 70.5 Å². The van der Waals surface area contributed by atoms with E-state index in [2.05, 4.69) is 17.1 Å². The highest BCUT2D eigenvalue weighted by Gasteiger charge is 2.58. The van der Waals surface area contributed by atoms with Crippen LogP contribution in [-0.2, 0) is 23.7 Å². The van der Waals surface area contributed by atoms with Crippen molar-refractivity contribution < 1.29 is 33.2 Å². The zero-order chi connectivity index (χ0) is 31.2. The number of carbonyl (C=O) groups is 1. The molecular formula is C35H58N2O7. The number of benzene rings is 1. The van der Waals surface area contributed by atoms with Crippen molar-refractivity contribution in [2.75, 3.05) is 38.7 Å². The van der Waals surface area contributed by atoms with Crippen molar-refractivity contribution in [1.29, 1.82) is 0 Å². The summed E-state index contributed by atoms with van der Waals surface area (Å²) in [4.78, 5) is 15.6. The average Bonchev–Trinajstić information content (AvgIpc) is 3.33. The fourth-order valence-corrected chi connectivity index (χ4v) is 6.54. The number of rotatable bonds is 18. The number of fused-ring (bicyclic) bond motifs is 1. The molecule has 1 aromatic rings. The van der Waals surface area contributed by atoms with E-state index in [1.807, 2.05) is 13.8 Å². The molecule has 250 valence electrons. The Balaban J connectivity index is 1.36. The molecule has 0 aliphatic carbocycles. The summed E-state index contributed by atoms with van der Waals surface area (Å²) in [5.41, 5.74) is 0.635. The molecule has 3 fully saturated rings. The Bertz CT molecular complexity index is 951. The van der Waals surface area contributed by atoms with Crippen molar-refractivity contribution in [3.8, 4) is 5.75 Å². The first-order valence-corrected chi connectivity index (χ1v) is 17.4. The van der Waals surface area contributed by atoms with Gasteiger partial charge < -0.3 is 28.4 Å². The first kappa shape index (κ1) is 35.0. The number of methoxy groups -OCH3 is 1. The van der Waals surface area contributed by atoms with Gasteiger partial charge in [0, 0.05) is 18.8 Å². The first-order chi connectivity index (χ1) is 21.4. The normalized spacial score (nSPS) is 25.7. The maximum Gasteiger partial charge on any atom is 0.412 e. The minimum atomic E-state index is -0.758. The molecule has 3 aliphatic heterocycles. The molecule has 9 nitrogen and oxygen atoms in total. The van der Waals surface area contributed by atoms with Crippen molar-refractivity contribution in [3.63, 3.8) is 0 Å². The fraction of sp³-hybridized carbons (Fsp3) is 0.800. The second-order valence-corrected chi connectivity index (χ2v) is 13.1. The van der Waals surface area contributed by atoms with Crippen LogP contribution in [0.15, 0.2) is 24.3 Å². The van der Waals surface area contributed by atoms with Crippen LogP contribution in [-0.4, -0.2) is 80.8 Å². The molecule has 3 aliphatic rings. The van der Waals surface area contributed by atoms with Crippen LogP contribution < -0.4 is 10.1 Å². The van der Waals surface area contributed by atoms with Crippen LogP contribution in [0.25, 0.3) is 0 Å². The SMILES string of the molecule is CCCCCCCCCCCCO[C@@H]1[C@H]2OC(C)(C)O[C@H]2O[C@@H]1C(CN1CCCCCC1)OC(=O)Nc1ccc(OC)cc1. The molecule has 0 aromatic heterocycles. The highest BCUT2D eigenvalue weighted by atomic mass is 16.8. The van der Waals surface area contributed by atoms with Crippen molar-refractivity contribution in [2.45, 2.75) is 147 Å². The van der Waals surface area contributed by atoms with Gasteiger partial charge in [0.05, 0.1) is 7.11 Å². The summed E-state index contributed by atoms with van der Waals surface area (Å²) in [7, 11) is 1.62. The third kappa shape index (κ3) is 11.2. The van der Waals surface area contributed by atoms with E-state index in [-0.39, 0.29) is 6.10 Å². The van der Waals surface area contributed by atoms with E-state index in [0.717, 1.165) is 44.5 Å². The third-order valence-corrected chi connectivity index (χ3v) is 8.93. The predicted molar refractivity (Wildman–Crippen MR) is 172 cm³/mol. The zero-order valence-corrected chi connectivity index (χ0v) is 27.7. The molecule has 1 amide bonds. The maximum absolute atomic E-state index is 13.2. The Hall–Kier alpha value is -1.91. The molecule has 44 heavy (non-hydrogen) atoms. The van der Waals surface area contributed by atoms with E-state index >= 15 is 0 Å². The Morgan fingerprint density at radius 3 is 2.20 bits per heavy atom. The number of likely N-dealkylation sites (tertiary alicyclic amines) is 1. The van der Waals surface area contributed by atoms with E-state index in [1.54, 1.807) is 31.4 Å². The summed E-state index contributed by atoms with van der Waals surface area (Å²) in [6, 6.07) is 7.20. The number of unbranched alkanes of at least 4 members (excludes halogenated alkanes) is 9. The Morgan fingerprint density at radius 2 is 1.57 bits per heavy atom. The lowest BCUT2D eigenvalue weighted by molar-refractivity contribution is -0.230. The van der Waals surface area contributed by atoms with Crippen LogP contribution in [0.4, 0.5) is 10.5 Å². The molecule has 3 saturated heterocycles. The first-order valence-electron chi connectivity index (χ1n) is 17.4. The van der Waals surface area contributed by atoms with Crippen LogP contribution >= 0.6 is 0 Å². The quantitative estimate of drug-likeness (QED) is 0.168. The van der Waals surface area contributed by atoms with Gasteiger partial charge in [-0.3, -0.25) is 10.2 Å². The summed E-state index contributed by atoms with van der Waals surface area (Å²) in [6.07, 6.45) is 14.5. The van der Waals surface area contributed by atoms with Gasteiger partial charge in [-0.2, -0.15) is 0 Å². The van der Waals surface area contributed by atoms with Gasteiger partial charge in [0.15, 0.2) is 12.1 Å². The Kier molecular flexibility index (Phi) is 14.5. The number of nitrogens with one attached hydrogen (secondary N) is 1. The van der Waals surface area contributed by atoms with Crippen molar-refractivity contribution in [2.24, 2.45) is 0 Å². The largest absolute Gasteiger partial charge is 0.497 e. The van der Waals surface area contributed by atoms with Gasteiger partial charge >= 0.3 is 6.09 Å². The minimum Gasteiger partial charge on any atom is -0.497 e. The van der Waals surface area contributed by atoms with Gasteiger partial charge in [-0.25, -0.2) is 4.79 Å². The Morgan fingerprint density at radius 1 is 0.932 bits per heavy atom. The number of hydrogen-bond acceptors (Lipinski definition) is 8. The highest BCUT2D eigenvalue weighted by Crippen LogP contribution is 2.40. The molecule has 1 unspecified atom stereocenters. The Labute approximate surface area is 265 Å². The van der Waals surface area contributed by atoms with Crippen LogP contribution in [0.5, 0.6) is 5.75 Å². The minimum absolute atomic E-state index is 0.377. The van der Waals surface area contributed by atoms with Crippen molar-refractivity contribution >= 4 is 11.8 Å². The highest BCUT2D eigenvalue weighted by molar-refractivity contribution is 5.84. The molecule has 9 heteroatoms. The van der Waals surface area contributed by atoms with Crippen LogP contribution in [0.3, 0.4) is 0 Å². The van der Waals surface area contributed by atoms with E-state index in [1.165, 1.54) is 64.2 Å². The molecule has 0 bridgehead atoms. The van der Waals surface area contributed by atoms with E-state index in [0.29, 0.717) is 18.8 Å². The summed E-state index contributed by atoms with van der Waals surface area (Å²) in [6.45, 7) is 9.20. The molecule has 1 aromatic carbocycles. The molecule has 0 spiro atoms. The summed E-state index contributed by atoms with van der Waals surface area (Å²) in [5.74, 6) is -0.0366. The standard InChI is InChI=1S/C35H58N2O7/c1-5-6-7-8-9-10-11-12-15-18-25-40-31-30(42-33-32(31)43-35(2,3)44-33)29(26-37-23-16-13-14-17-24-37)41-34(38)36-27-19-21-28(39-4)22-20-27/h19-22,29-33H,5-18,23-26H2,1-4H3,(H,36,38)/t29?,30-,31+,32-,33-/m1/s1. The lowest BCUT2D eigenvalue weighted by atomic mass is 10.0. The predicted octanol–water partition coefficient (Wildman–Crippen LogP) is 7.67. The van der Waals surface area contributed by atoms with Crippen LogP contribution in [0, 0.1) is 0 Å². The smallest absolute Gasteiger partial charge is 0.412 e. The van der Waals surface area contributed by atoms with Crippen LogP contribution in [0.2, 0.25) is 0 Å². The second-order valence-electron chi connectivity index (χ2n) is 13.1. The van der Waals surface area contributed by atoms with Crippen molar-refractivity contribution in [1.82, 2.24) is 4.90 Å². The van der Waals surface area contributed by atoms with E-state index < -0.39 is 36.5 Å². The molecule has 1 N–H and O–H groups in total. The number of carbonyl (C=O) groups excluding carboxylic acids is 1. The summed E-state index contributed by atoms with van der Waals surface area (Å²) < 4.78 is 36.8. The molecular weight excluding hydrogens is 560 g/mol. The number of nitrogens with zero attached hydrogens (tertiary/aromatic N) is 1. The van der Waals surface area contributed by atoms with E-state index in [9.17, 15) is 4.79 Å². The van der Waals surface area contributed by atoms with Crippen LogP contribution in [0.1, 0.15) is 111 Å². The number of ether oxygens (including phenoxy) is 6. The molecule has 5 atom stereocenters. The summed E-state index contributed by atoms with van der Waals surface area (Å²) >= 11 is 0. The average molecular weight is 619 g/mol. The van der Waals surface area contributed by atoms with Crippen molar-refractivity contribution in [3.05, 3.63) is 24.3 Å². The molecule has 0 radical (unpaired) electrons. The lowest BCUT2D eigenvalue weighted by Crippen LogP contribution is -2.50. The van der Waals surface area contributed by atoms with Gasteiger partial charge in [0.25, 0.3) is 0 Å². The fourth-order valence-electron chi connectivity index (χ4n) is 6.54. The topological polar surface area (TPSA) is 87.7 Å². The third-order valence-electron chi connectivity index (χ3n) is 8.93. The maximum atomic E-state index is 13.2. The monoisotopic (exact) mass is 618 g/mol. The molecule has 4 rings (SSSR count). The van der Waals surface area contributed by atoms with Gasteiger partial charge in [-0.15, -0.1) is 0 Å². The molecule has 0 saturated carbocycles.